The number of carbonyl (C=O) groups excluding carboxylic acids is 3. The van der Waals surface area contributed by atoms with Gasteiger partial charge in [-0.3, -0.25) is 9.59 Å². The van der Waals surface area contributed by atoms with E-state index in [0.29, 0.717) is 35.9 Å². The Kier molecular flexibility index (Phi) is 8.86. The molecule has 196 valence electrons. The molecule has 1 aliphatic rings. The Bertz CT molecular complexity index is 1330. The number of carbonyl (C=O) groups is 3. The van der Waals surface area contributed by atoms with Crippen LogP contribution in [0.1, 0.15) is 42.6 Å². The molecule has 0 fully saturated rings. The van der Waals surface area contributed by atoms with Gasteiger partial charge < -0.3 is 14.8 Å². The van der Waals surface area contributed by atoms with Crippen molar-refractivity contribution in [3.05, 3.63) is 94.5 Å². The van der Waals surface area contributed by atoms with E-state index in [2.05, 4.69) is 5.32 Å². The minimum absolute atomic E-state index is 0.188. The third kappa shape index (κ3) is 6.26. The van der Waals surface area contributed by atoms with Gasteiger partial charge in [-0.25, -0.2) is 9.69 Å². The van der Waals surface area contributed by atoms with Crippen molar-refractivity contribution >= 4 is 40.9 Å². The summed E-state index contributed by atoms with van der Waals surface area (Å²) >= 11 is 1.23. The third-order valence-corrected chi connectivity index (χ3v) is 6.90. The number of ether oxygens (including phenoxy) is 2. The summed E-state index contributed by atoms with van der Waals surface area (Å²) < 4.78 is 10.8. The molecule has 38 heavy (non-hydrogen) atoms. The Labute approximate surface area is 226 Å². The van der Waals surface area contributed by atoms with Gasteiger partial charge in [0.25, 0.3) is 11.8 Å². The number of rotatable bonds is 11. The normalized spacial score (nSPS) is 13.2. The molecule has 0 saturated carbocycles. The summed E-state index contributed by atoms with van der Waals surface area (Å²) in [6.07, 6.45) is 1.71. The smallest absolute Gasteiger partial charge is 0.338 e. The van der Waals surface area contributed by atoms with E-state index >= 15 is 0 Å². The van der Waals surface area contributed by atoms with Crippen LogP contribution in [-0.4, -0.2) is 31.0 Å². The van der Waals surface area contributed by atoms with Crippen molar-refractivity contribution in [2.24, 2.45) is 0 Å². The van der Waals surface area contributed by atoms with Crippen LogP contribution in [0.5, 0.6) is 5.75 Å². The average molecular weight is 531 g/mol. The van der Waals surface area contributed by atoms with E-state index in [-0.39, 0.29) is 10.6 Å². The largest absolute Gasteiger partial charge is 0.494 e. The number of nitrogens with zero attached hydrogens (tertiary/aromatic N) is 1. The highest BCUT2D eigenvalue weighted by molar-refractivity contribution is 8.04. The molecule has 0 saturated heterocycles. The van der Waals surface area contributed by atoms with Gasteiger partial charge in [-0.15, -0.1) is 0 Å². The molecule has 0 spiro atoms. The molecule has 1 heterocycles. The minimum Gasteiger partial charge on any atom is -0.494 e. The Morgan fingerprint density at radius 2 is 1.58 bits per heavy atom. The van der Waals surface area contributed by atoms with E-state index in [0.717, 1.165) is 28.2 Å². The molecular formula is C30H30N2O5S. The van der Waals surface area contributed by atoms with Gasteiger partial charge in [0, 0.05) is 10.6 Å². The van der Waals surface area contributed by atoms with Crippen LogP contribution in [0.25, 0.3) is 0 Å². The summed E-state index contributed by atoms with van der Waals surface area (Å²) in [6.45, 7) is 6.81. The van der Waals surface area contributed by atoms with Crippen LogP contribution in [0.2, 0.25) is 0 Å². The molecule has 0 radical (unpaired) electrons. The van der Waals surface area contributed by atoms with Gasteiger partial charge in [-0.1, -0.05) is 42.8 Å². The fourth-order valence-corrected chi connectivity index (χ4v) is 4.68. The highest BCUT2D eigenvalue weighted by Gasteiger charge is 2.40. The molecule has 0 aliphatic carbocycles. The molecular weight excluding hydrogens is 500 g/mol. The zero-order valence-electron chi connectivity index (χ0n) is 21.7. The van der Waals surface area contributed by atoms with E-state index in [1.54, 1.807) is 48.5 Å². The standard InChI is InChI=1S/C30H30N2O5S/c1-4-6-19-37-30(35)21-9-13-23(14-10-21)32-28(33)26(31-22-11-15-24(16-12-22)36-5-2)27(29(32)34)38-25-17-7-20(3)8-18-25/h7-18,31H,4-6,19H2,1-3H3. The van der Waals surface area contributed by atoms with Crippen molar-refractivity contribution in [2.45, 2.75) is 38.5 Å². The van der Waals surface area contributed by atoms with Gasteiger partial charge in [-0.2, -0.15) is 0 Å². The number of unbranched alkanes of at least 4 members (excludes halogenated alkanes) is 1. The molecule has 4 rings (SSSR count). The highest BCUT2D eigenvalue weighted by atomic mass is 32.2. The number of nitrogens with one attached hydrogen (secondary N) is 1. The number of esters is 1. The number of anilines is 2. The van der Waals surface area contributed by atoms with Gasteiger partial charge >= 0.3 is 5.97 Å². The molecule has 1 aliphatic heterocycles. The topological polar surface area (TPSA) is 84.9 Å². The average Bonchev–Trinajstić information content (AvgIpc) is 3.15. The molecule has 3 aromatic carbocycles. The Hall–Kier alpha value is -4.04. The maximum atomic E-state index is 13.6. The molecule has 0 atom stereocenters. The maximum absolute atomic E-state index is 13.6. The Balaban J connectivity index is 1.61. The molecule has 2 amide bonds. The molecule has 1 N–H and O–H groups in total. The van der Waals surface area contributed by atoms with Crippen LogP contribution in [0.15, 0.2) is 88.3 Å². The van der Waals surface area contributed by atoms with Gasteiger partial charge in [0.2, 0.25) is 0 Å². The first-order chi connectivity index (χ1) is 18.4. The number of hydrogen-bond acceptors (Lipinski definition) is 7. The van der Waals surface area contributed by atoms with Crippen molar-refractivity contribution in [2.75, 3.05) is 23.4 Å². The van der Waals surface area contributed by atoms with Crippen molar-refractivity contribution in [1.29, 1.82) is 0 Å². The second kappa shape index (κ2) is 12.5. The molecule has 0 aromatic heterocycles. The third-order valence-electron chi connectivity index (χ3n) is 5.81. The van der Waals surface area contributed by atoms with Crippen LogP contribution in [0, 0.1) is 6.92 Å². The minimum atomic E-state index is -0.475. The molecule has 7 nitrogen and oxygen atoms in total. The number of hydrogen-bond donors (Lipinski definition) is 1. The van der Waals surface area contributed by atoms with Gasteiger partial charge in [-0.05, 0) is 80.9 Å². The molecule has 3 aromatic rings. The summed E-state index contributed by atoms with van der Waals surface area (Å²) in [5.41, 5.74) is 2.67. The molecule has 0 unspecified atom stereocenters. The maximum Gasteiger partial charge on any atom is 0.338 e. The summed E-state index contributed by atoms with van der Waals surface area (Å²) in [6, 6.07) is 21.2. The number of benzene rings is 3. The molecule has 0 bridgehead atoms. The predicted molar refractivity (Wildman–Crippen MR) is 149 cm³/mol. The fraction of sp³-hybridized carbons (Fsp3) is 0.233. The number of aryl methyl sites for hydroxylation is 1. The van der Waals surface area contributed by atoms with E-state index in [9.17, 15) is 14.4 Å². The van der Waals surface area contributed by atoms with Crippen LogP contribution < -0.4 is 15.0 Å². The lowest BCUT2D eigenvalue weighted by Gasteiger charge is -2.16. The Morgan fingerprint density at radius 3 is 2.21 bits per heavy atom. The van der Waals surface area contributed by atoms with Crippen molar-refractivity contribution in [3.8, 4) is 5.75 Å². The monoisotopic (exact) mass is 530 g/mol. The zero-order valence-corrected chi connectivity index (χ0v) is 22.5. The predicted octanol–water partition coefficient (Wildman–Crippen LogP) is 6.34. The SMILES string of the molecule is CCCCOC(=O)c1ccc(N2C(=O)C(Nc3ccc(OCC)cc3)=C(Sc3ccc(C)cc3)C2=O)cc1. The second-order valence-electron chi connectivity index (χ2n) is 8.68. The van der Waals surface area contributed by atoms with Crippen LogP contribution in [0.3, 0.4) is 0 Å². The number of thioether (sulfide) groups is 1. The zero-order chi connectivity index (χ0) is 27.1. The van der Waals surface area contributed by atoms with E-state index < -0.39 is 17.8 Å². The first-order valence-corrected chi connectivity index (χ1v) is 13.4. The summed E-state index contributed by atoms with van der Waals surface area (Å²) in [5.74, 6) is -0.634. The Morgan fingerprint density at radius 1 is 0.895 bits per heavy atom. The number of imide groups is 1. The van der Waals surface area contributed by atoms with Crippen LogP contribution in [0.4, 0.5) is 11.4 Å². The van der Waals surface area contributed by atoms with Gasteiger partial charge in [0.1, 0.15) is 16.4 Å². The molecule has 8 heteroatoms. The lowest BCUT2D eigenvalue weighted by Crippen LogP contribution is -2.32. The van der Waals surface area contributed by atoms with Gasteiger partial charge in [0.05, 0.1) is 24.5 Å². The lowest BCUT2D eigenvalue weighted by molar-refractivity contribution is -0.120. The van der Waals surface area contributed by atoms with E-state index in [1.807, 2.05) is 45.0 Å². The van der Waals surface area contributed by atoms with Gasteiger partial charge in [0.15, 0.2) is 0 Å². The van der Waals surface area contributed by atoms with Crippen LogP contribution in [-0.2, 0) is 14.3 Å². The fourth-order valence-electron chi connectivity index (χ4n) is 3.76. The lowest BCUT2D eigenvalue weighted by atomic mass is 10.2. The van der Waals surface area contributed by atoms with Crippen molar-refractivity contribution < 1.29 is 23.9 Å². The van der Waals surface area contributed by atoms with Crippen molar-refractivity contribution in [1.82, 2.24) is 0 Å². The summed E-state index contributed by atoms with van der Waals surface area (Å²) in [4.78, 5) is 41.7. The summed E-state index contributed by atoms with van der Waals surface area (Å²) in [5, 5.41) is 3.15. The quantitative estimate of drug-likeness (QED) is 0.176. The highest BCUT2D eigenvalue weighted by Crippen LogP contribution is 2.38. The van der Waals surface area contributed by atoms with E-state index in [1.165, 1.54) is 11.8 Å². The van der Waals surface area contributed by atoms with E-state index in [4.69, 9.17) is 9.47 Å². The van der Waals surface area contributed by atoms with Crippen LogP contribution >= 0.6 is 11.8 Å². The number of amides is 2. The summed E-state index contributed by atoms with van der Waals surface area (Å²) in [7, 11) is 0. The van der Waals surface area contributed by atoms with Crippen molar-refractivity contribution in [3.63, 3.8) is 0 Å². The first kappa shape index (κ1) is 27.0. The first-order valence-electron chi connectivity index (χ1n) is 12.6. The second-order valence-corrected chi connectivity index (χ2v) is 9.77.